The first-order chi connectivity index (χ1) is 13.1. The maximum absolute atomic E-state index is 13.9. The summed E-state index contributed by atoms with van der Waals surface area (Å²) in [4.78, 5) is 17.4. The van der Waals surface area contributed by atoms with Crippen LogP contribution in [0.5, 0.6) is 0 Å². The average Bonchev–Trinajstić information content (AvgIpc) is 3.25. The molecule has 27 heavy (non-hydrogen) atoms. The summed E-state index contributed by atoms with van der Waals surface area (Å²) in [5, 5.41) is 3.41. The summed E-state index contributed by atoms with van der Waals surface area (Å²) in [6.45, 7) is 7.29. The minimum atomic E-state index is -0.221. The van der Waals surface area contributed by atoms with E-state index in [9.17, 15) is 9.18 Å². The molecule has 142 valence electrons. The molecule has 0 saturated carbocycles. The standard InChI is InChI=1S/C22H26FN3O/c1-16-5-6-18(14-21(16)23)17-3-2-4-19(13-17)22(27)26-11-9-25(10-12-26)20-7-8-24-15-20/h2-6,13-14,20,24H,7-12,15H2,1H3/t20-/m1/s1. The molecule has 4 rings (SSSR count). The first-order valence-electron chi connectivity index (χ1n) is 9.72. The first kappa shape index (κ1) is 18.1. The van der Waals surface area contributed by atoms with Crippen LogP contribution in [0.25, 0.3) is 11.1 Å². The molecule has 2 aliphatic heterocycles. The molecular weight excluding hydrogens is 341 g/mol. The van der Waals surface area contributed by atoms with Gasteiger partial charge in [-0.2, -0.15) is 0 Å². The van der Waals surface area contributed by atoms with Crippen LogP contribution in [0.4, 0.5) is 4.39 Å². The van der Waals surface area contributed by atoms with Crippen molar-refractivity contribution >= 4 is 5.91 Å². The number of halogens is 1. The molecule has 2 aromatic carbocycles. The summed E-state index contributed by atoms with van der Waals surface area (Å²) in [6, 6.07) is 13.3. The van der Waals surface area contributed by atoms with Crippen LogP contribution in [-0.4, -0.2) is 61.0 Å². The highest BCUT2D eigenvalue weighted by atomic mass is 19.1. The molecule has 0 bridgehead atoms. The maximum atomic E-state index is 13.9. The van der Waals surface area contributed by atoms with Crippen molar-refractivity contribution < 1.29 is 9.18 Å². The summed E-state index contributed by atoms with van der Waals surface area (Å²) in [5.74, 6) is -0.157. The van der Waals surface area contributed by atoms with Crippen LogP contribution in [0, 0.1) is 12.7 Å². The van der Waals surface area contributed by atoms with Crippen molar-refractivity contribution in [3.63, 3.8) is 0 Å². The Morgan fingerprint density at radius 2 is 1.85 bits per heavy atom. The first-order valence-corrected chi connectivity index (χ1v) is 9.72. The zero-order chi connectivity index (χ0) is 18.8. The third-order valence-electron chi connectivity index (χ3n) is 5.77. The number of nitrogens with one attached hydrogen (secondary N) is 1. The Bertz CT molecular complexity index is 824. The molecule has 1 atom stereocenters. The van der Waals surface area contributed by atoms with Gasteiger partial charge in [-0.1, -0.05) is 24.3 Å². The van der Waals surface area contributed by atoms with E-state index in [4.69, 9.17) is 0 Å². The van der Waals surface area contributed by atoms with E-state index >= 15 is 0 Å². The number of carbonyl (C=O) groups is 1. The Hall–Kier alpha value is -2.24. The molecule has 4 nitrogen and oxygen atoms in total. The van der Waals surface area contributed by atoms with Crippen LogP contribution in [-0.2, 0) is 0 Å². The van der Waals surface area contributed by atoms with Gasteiger partial charge in [-0.15, -0.1) is 0 Å². The summed E-state index contributed by atoms with van der Waals surface area (Å²) < 4.78 is 13.9. The number of hydrogen-bond acceptors (Lipinski definition) is 3. The highest BCUT2D eigenvalue weighted by molar-refractivity contribution is 5.95. The summed E-state index contributed by atoms with van der Waals surface area (Å²) in [6.07, 6.45) is 1.20. The predicted octanol–water partition coefficient (Wildman–Crippen LogP) is 2.92. The van der Waals surface area contributed by atoms with Gasteiger partial charge in [-0.25, -0.2) is 4.39 Å². The lowest BCUT2D eigenvalue weighted by atomic mass is 10.0. The van der Waals surface area contributed by atoms with Gasteiger partial charge in [0.05, 0.1) is 0 Å². The molecule has 2 aliphatic rings. The van der Waals surface area contributed by atoms with Gasteiger partial charge in [0.1, 0.15) is 5.82 Å². The Balaban J connectivity index is 1.45. The van der Waals surface area contributed by atoms with Crippen LogP contribution in [0.15, 0.2) is 42.5 Å². The Morgan fingerprint density at radius 3 is 2.56 bits per heavy atom. The van der Waals surface area contributed by atoms with Gasteiger partial charge in [0.15, 0.2) is 0 Å². The number of aryl methyl sites for hydroxylation is 1. The highest BCUT2D eigenvalue weighted by Crippen LogP contribution is 2.24. The fourth-order valence-electron chi connectivity index (χ4n) is 4.03. The topological polar surface area (TPSA) is 35.6 Å². The third-order valence-corrected chi connectivity index (χ3v) is 5.77. The van der Waals surface area contributed by atoms with E-state index in [0.29, 0.717) is 17.2 Å². The molecule has 0 unspecified atom stereocenters. The largest absolute Gasteiger partial charge is 0.336 e. The van der Waals surface area contributed by atoms with Crippen molar-refractivity contribution in [2.45, 2.75) is 19.4 Å². The van der Waals surface area contributed by atoms with Crippen LogP contribution in [0.3, 0.4) is 0 Å². The third kappa shape index (κ3) is 3.89. The lowest BCUT2D eigenvalue weighted by Gasteiger charge is -2.37. The van der Waals surface area contributed by atoms with Gasteiger partial charge in [0.2, 0.25) is 0 Å². The molecule has 1 N–H and O–H groups in total. The second kappa shape index (κ2) is 7.79. The normalized spacial score (nSPS) is 20.8. The second-order valence-corrected chi connectivity index (χ2v) is 7.52. The quantitative estimate of drug-likeness (QED) is 0.906. The van der Waals surface area contributed by atoms with Crippen molar-refractivity contribution in [1.82, 2.24) is 15.1 Å². The summed E-state index contributed by atoms with van der Waals surface area (Å²) in [7, 11) is 0. The molecule has 2 saturated heterocycles. The maximum Gasteiger partial charge on any atom is 0.253 e. The number of nitrogens with zero attached hydrogens (tertiary/aromatic N) is 2. The Labute approximate surface area is 160 Å². The molecule has 0 radical (unpaired) electrons. The van der Waals surface area contributed by atoms with E-state index < -0.39 is 0 Å². The molecule has 0 aromatic heterocycles. The molecule has 2 aromatic rings. The average molecular weight is 367 g/mol. The fourth-order valence-corrected chi connectivity index (χ4v) is 4.03. The fraction of sp³-hybridized carbons (Fsp3) is 0.409. The Kier molecular flexibility index (Phi) is 5.23. The zero-order valence-corrected chi connectivity index (χ0v) is 15.7. The number of amides is 1. The second-order valence-electron chi connectivity index (χ2n) is 7.52. The minimum Gasteiger partial charge on any atom is -0.336 e. The Morgan fingerprint density at radius 1 is 1.07 bits per heavy atom. The van der Waals surface area contributed by atoms with Gasteiger partial charge < -0.3 is 10.2 Å². The molecule has 0 spiro atoms. The molecule has 1 amide bonds. The summed E-state index contributed by atoms with van der Waals surface area (Å²) in [5.41, 5.74) is 2.97. The molecule has 2 heterocycles. The van der Waals surface area contributed by atoms with E-state index in [1.165, 1.54) is 12.5 Å². The SMILES string of the molecule is Cc1ccc(-c2cccc(C(=O)N3CCN([C@@H]4CCNC4)CC3)c2)cc1F. The van der Waals surface area contributed by atoms with Crippen LogP contribution in [0.2, 0.25) is 0 Å². The van der Waals surface area contributed by atoms with Crippen molar-refractivity contribution in [3.8, 4) is 11.1 Å². The van der Waals surface area contributed by atoms with Gasteiger partial charge in [0.25, 0.3) is 5.91 Å². The molecular formula is C22H26FN3O. The van der Waals surface area contributed by atoms with Gasteiger partial charge >= 0.3 is 0 Å². The number of piperazine rings is 1. The van der Waals surface area contributed by atoms with Crippen molar-refractivity contribution in [2.24, 2.45) is 0 Å². The number of hydrogen-bond donors (Lipinski definition) is 1. The zero-order valence-electron chi connectivity index (χ0n) is 15.7. The number of rotatable bonds is 3. The van der Waals surface area contributed by atoms with Gasteiger partial charge in [0, 0.05) is 44.3 Å². The van der Waals surface area contributed by atoms with E-state index in [1.54, 1.807) is 13.0 Å². The van der Waals surface area contributed by atoms with E-state index in [2.05, 4.69) is 10.2 Å². The smallest absolute Gasteiger partial charge is 0.253 e. The van der Waals surface area contributed by atoms with Crippen molar-refractivity contribution in [2.75, 3.05) is 39.3 Å². The van der Waals surface area contributed by atoms with Crippen LogP contribution in [0.1, 0.15) is 22.3 Å². The van der Waals surface area contributed by atoms with Crippen molar-refractivity contribution in [1.29, 1.82) is 0 Å². The lowest BCUT2D eigenvalue weighted by molar-refractivity contribution is 0.0584. The molecule has 2 fully saturated rings. The molecule has 5 heteroatoms. The van der Waals surface area contributed by atoms with Crippen LogP contribution < -0.4 is 5.32 Å². The summed E-state index contributed by atoms with van der Waals surface area (Å²) >= 11 is 0. The van der Waals surface area contributed by atoms with Crippen LogP contribution >= 0.6 is 0 Å². The van der Waals surface area contributed by atoms with Gasteiger partial charge in [-0.3, -0.25) is 9.69 Å². The van der Waals surface area contributed by atoms with E-state index in [0.717, 1.165) is 50.4 Å². The minimum absolute atomic E-state index is 0.0635. The van der Waals surface area contributed by atoms with E-state index in [-0.39, 0.29) is 11.7 Å². The molecule has 0 aliphatic carbocycles. The van der Waals surface area contributed by atoms with Gasteiger partial charge in [-0.05, 0) is 54.8 Å². The van der Waals surface area contributed by atoms with Crippen molar-refractivity contribution in [3.05, 3.63) is 59.4 Å². The highest BCUT2D eigenvalue weighted by Gasteiger charge is 2.28. The van der Waals surface area contributed by atoms with E-state index in [1.807, 2.05) is 35.2 Å². The monoisotopic (exact) mass is 367 g/mol. The lowest BCUT2D eigenvalue weighted by Crippen LogP contribution is -2.52. The number of carbonyl (C=O) groups excluding carboxylic acids is 1. The number of benzene rings is 2. The predicted molar refractivity (Wildman–Crippen MR) is 105 cm³/mol.